The highest BCUT2D eigenvalue weighted by Crippen LogP contribution is 2.34. The van der Waals surface area contributed by atoms with Gasteiger partial charge in [-0.25, -0.2) is 9.97 Å². The number of aliphatic hydroxyl groups is 1. The Kier molecular flexibility index (Phi) is 4.53. The molecule has 3 aromatic heterocycles. The molecule has 0 aliphatic heterocycles. The second kappa shape index (κ2) is 7.18. The predicted octanol–water partition coefficient (Wildman–Crippen LogP) is 5.04. The van der Waals surface area contributed by atoms with E-state index in [1.165, 1.54) is 27.6 Å². The zero-order valence-corrected chi connectivity index (χ0v) is 16.7. The number of fused-ring (bicyclic) bond motifs is 2. The normalized spacial score (nSPS) is 21.2. The van der Waals surface area contributed by atoms with E-state index in [2.05, 4.69) is 52.7 Å². The van der Waals surface area contributed by atoms with Gasteiger partial charge in [0.05, 0.1) is 22.4 Å². The number of nitrogens with one attached hydrogen (secondary N) is 2. The fourth-order valence-electron chi connectivity index (χ4n) is 4.23. The van der Waals surface area contributed by atoms with E-state index in [-0.39, 0.29) is 18.1 Å². The van der Waals surface area contributed by atoms with E-state index >= 15 is 0 Å². The van der Waals surface area contributed by atoms with E-state index in [0.29, 0.717) is 0 Å². The first kappa shape index (κ1) is 17.6. The molecule has 1 aromatic carbocycles. The second-order valence-corrected chi connectivity index (χ2v) is 8.74. The fraction of sp³-hybridized carbons (Fsp3) is 0.364. The Balaban J connectivity index is 1.43. The van der Waals surface area contributed by atoms with Gasteiger partial charge >= 0.3 is 0 Å². The number of hydrogen-bond acceptors (Lipinski definition) is 5. The molecule has 3 atom stereocenters. The molecule has 0 saturated heterocycles. The molecule has 0 radical (unpaired) electrons. The van der Waals surface area contributed by atoms with Gasteiger partial charge in [-0.2, -0.15) is 0 Å². The van der Waals surface area contributed by atoms with Crippen LogP contribution in [0.5, 0.6) is 0 Å². The highest BCUT2D eigenvalue weighted by atomic mass is 32.1. The van der Waals surface area contributed by atoms with Crippen LogP contribution in [0.2, 0.25) is 0 Å². The molecule has 6 heteroatoms. The van der Waals surface area contributed by atoms with Crippen molar-refractivity contribution in [2.24, 2.45) is 0 Å². The van der Waals surface area contributed by atoms with Crippen molar-refractivity contribution in [3.8, 4) is 0 Å². The fourth-order valence-corrected chi connectivity index (χ4v) is 5.14. The highest BCUT2D eigenvalue weighted by molar-refractivity contribution is 7.22. The minimum absolute atomic E-state index is 0.117. The van der Waals surface area contributed by atoms with Crippen LogP contribution >= 0.6 is 11.3 Å². The molecule has 3 N–H and O–H groups in total. The Hall–Kier alpha value is -2.44. The van der Waals surface area contributed by atoms with Gasteiger partial charge in [-0.3, -0.25) is 0 Å². The first-order valence-corrected chi connectivity index (χ1v) is 10.8. The first-order valence-electron chi connectivity index (χ1n) is 9.96. The van der Waals surface area contributed by atoms with E-state index in [9.17, 15) is 5.11 Å². The lowest BCUT2D eigenvalue weighted by Crippen LogP contribution is -2.36. The number of hydrogen-bond donors (Lipinski definition) is 3. The Labute approximate surface area is 167 Å². The molecule has 1 aliphatic rings. The Bertz CT molecular complexity index is 1120. The van der Waals surface area contributed by atoms with Crippen LogP contribution in [0.25, 0.3) is 21.3 Å². The highest BCUT2D eigenvalue weighted by Gasteiger charge is 2.24. The standard InChI is InChI=1S/C22H24N4OS/c1-13(16-12-24-21-15(16)5-4-10-23-21)14-8-9-20-18(11-14)26-22(28-20)25-17-6-2-3-7-19(17)27/h4-5,8-13,17,19,27H,2-3,6-7H2,1H3,(H,23,24)(H,25,26)/t13?,17-,19-/m1/s1. The SMILES string of the molecule is CC(c1ccc2sc(N[C@@H]3CCCC[C@H]3O)nc2c1)c1c[nH]c2ncccc12. The maximum atomic E-state index is 10.2. The van der Waals surface area contributed by atoms with Gasteiger partial charge in [-0.05, 0) is 48.2 Å². The lowest BCUT2D eigenvalue weighted by Gasteiger charge is -2.27. The molecule has 144 valence electrons. The molecular formula is C22H24N4OS. The molecule has 5 rings (SSSR count). The summed E-state index contributed by atoms with van der Waals surface area (Å²) >= 11 is 1.66. The summed E-state index contributed by atoms with van der Waals surface area (Å²) in [7, 11) is 0. The van der Waals surface area contributed by atoms with Crippen molar-refractivity contribution in [1.29, 1.82) is 0 Å². The number of aliphatic hydroxyl groups excluding tert-OH is 1. The first-order chi connectivity index (χ1) is 13.7. The Morgan fingerprint density at radius 1 is 1.25 bits per heavy atom. The van der Waals surface area contributed by atoms with E-state index in [0.717, 1.165) is 35.6 Å². The van der Waals surface area contributed by atoms with Gasteiger partial charge in [0.2, 0.25) is 0 Å². The minimum Gasteiger partial charge on any atom is -0.391 e. The van der Waals surface area contributed by atoms with Crippen molar-refractivity contribution >= 4 is 37.7 Å². The third kappa shape index (κ3) is 3.16. The van der Waals surface area contributed by atoms with Crippen LogP contribution in [0.1, 0.15) is 49.7 Å². The molecule has 1 fully saturated rings. The van der Waals surface area contributed by atoms with Crippen molar-refractivity contribution in [3.63, 3.8) is 0 Å². The van der Waals surface area contributed by atoms with Crippen LogP contribution < -0.4 is 5.32 Å². The summed E-state index contributed by atoms with van der Waals surface area (Å²) in [6.45, 7) is 2.22. The summed E-state index contributed by atoms with van der Waals surface area (Å²) in [5.74, 6) is 0.251. The molecule has 0 spiro atoms. The zero-order valence-electron chi connectivity index (χ0n) is 15.9. The summed E-state index contributed by atoms with van der Waals surface area (Å²) in [5.41, 5.74) is 4.44. The van der Waals surface area contributed by atoms with Gasteiger partial charge in [0.15, 0.2) is 5.13 Å². The molecule has 0 bridgehead atoms. The van der Waals surface area contributed by atoms with Crippen molar-refractivity contribution in [2.75, 3.05) is 5.32 Å². The largest absolute Gasteiger partial charge is 0.391 e. The summed E-state index contributed by atoms with van der Waals surface area (Å²) in [6.07, 6.45) is 7.77. The number of thiazole rings is 1. The average molecular weight is 393 g/mol. The van der Waals surface area contributed by atoms with E-state index in [1.54, 1.807) is 11.3 Å². The number of aromatic nitrogens is 3. The van der Waals surface area contributed by atoms with Crippen LogP contribution in [-0.4, -0.2) is 32.2 Å². The summed E-state index contributed by atoms with van der Waals surface area (Å²) in [6, 6.07) is 10.8. The maximum Gasteiger partial charge on any atom is 0.184 e. The monoisotopic (exact) mass is 392 g/mol. The van der Waals surface area contributed by atoms with Crippen molar-refractivity contribution in [3.05, 3.63) is 53.9 Å². The van der Waals surface area contributed by atoms with E-state index in [1.807, 2.05) is 12.3 Å². The third-order valence-corrected chi connectivity index (χ3v) is 6.87. The van der Waals surface area contributed by atoms with Gasteiger partial charge < -0.3 is 15.4 Å². The Morgan fingerprint density at radius 2 is 2.14 bits per heavy atom. The number of aromatic amines is 1. The van der Waals surface area contributed by atoms with Crippen LogP contribution in [0.3, 0.4) is 0 Å². The van der Waals surface area contributed by atoms with E-state index < -0.39 is 0 Å². The second-order valence-electron chi connectivity index (χ2n) is 7.71. The van der Waals surface area contributed by atoms with Crippen LogP contribution in [0.4, 0.5) is 5.13 Å². The van der Waals surface area contributed by atoms with Crippen molar-refractivity contribution in [2.45, 2.75) is 50.7 Å². The summed E-state index contributed by atoms with van der Waals surface area (Å²) < 4.78 is 1.17. The number of benzene rings is 1. The molecule has 4 aromatic rings. The average Bonchev–Trinajstić information content (AvgIpc) is 3.32. The molecule has 1 aliphatic carbocycles. The van der Waals surface area contributed by atoms with Crippen molar-refractivity contribution < 1.29 is 5.11 Å². The number of H-pyrrole nitrogens is 1. The van der Waals surface area contributed by atoms with Gasteiger partial charge in [0.1, 0.15) is 5.65 Å². The number of anilines is 1. The number of pyridine rings is 1. The maximum absolute atomic E-state index is 10.2. The van der Waals surface area contributed by atoms with Crippen LogP contribution in [0.15, 0.2) is 42.7 Å². The smallest absolute Gasteiger partial charge is 0.184 e. The quantitative estimate of drug-likeness (QED) is 0.455. The van der Waals surface area contributed by atoms with E-state index in [4.69, 9.17) is 4.98 Å². The zero-order chi connectivity index (χ0) is 19.1. The third-order valence-electron chi connectivity index (χ3n) is 5.90. The van der Waals surface area contributed by atoms with Gasteiger partial charge in [0.25, 0.3) is 0 Å². The van der Waals surface area contributed by atoms with Crippen LogP contribution in [-0.2, 0) is 0 Å². The summed E-state index contributed by atoms with van der Waals surface area (Å²) in [4.78, 5) is 12.5. The molecule has 0 amide bonds. The predicted molar refractivity (Wildman–Crippen MR) is 115 cm³/mol. The van der Waals surface area contributed by atoms with Gasteiger partial charge in [-0.15, -0.1) is 0 Å². The number of rotatable bonds is 4. The molecule has 5 nitrogen and oxygen atoms in total. The van der Waals surface area contributed by atoms with Crippen molar-refractivity contribution in [1.82, 2.24) is 15.0 Å². The van der Waals surface area contributed by atoms with Gasteiger partial charge in [-0.1, -0.05) is 37.2 Å². The topological polar surface area (TPSA) is 73.8 Å². The van der Waals surface area contributed by atoms with Crippen LogP contribution in [0, 0.1) is 0 Å². The molecule has 28 heavy (non-hydrogen) atoms. The lowest BCUT2D eigenvalue weighted by atomic mass is 9.93. The molecule has 1 saturated carbocycles. The lowest BCUT2D eigenvalue weighted by molar-refractivity contribution is 0.116. The minimum atomic E-state index is -0.271. The number of nitrogens with zero attached hydrogens (tertiary/aromatic N) is 2. The Morgan fingerprint density at radius 3 is 3.04 bits per heavy atom. The molecular weight excluding hydrogens is 368 g/mol. The summed E-state index contributed by atoms with van der Waals surface area (Å²) in [5, 5.41) is 15.8. The molecule has 1 unspecified atom stereocenters. The molecule has 3 heterocycles. The van der Waals surface area contributed by atoms with Gasteiger partial charge in [0, 0.05) is 23.7 Å².